The predicted octanol–water partition coefficient (Wildman–Crippen LogP) is 1.89. The molecule has 2 N–H and O–H groups in total. The molecule has 8 heteroatoms. The van der Waals surface area contributed by atoms with Gasteiger partial charge in [-0.3, -0.25) is 14.9 Å². The van der Waals surface area contributed by atoms with Gasteiger partial charge in [0.1, 0.15) is 6.04 Å². The molecule has 2 aromatic rings. The normalized spacial score (nSPS) is 11.2. The molecule has 0 saturated carbocycles. The van der Waals surface area contributed by atoms with Crippen LogP contribution in [0.15, 0.2) is 48.5 Å². The number of non-ortho nitro benzene ring substituents is 1. The molecular formula is C17H13N3O5. The number of aliphatic carboxylic acids is 1. The van der Waals surface area contributed by atoms with Gasteiger partial charge in [0.05, 0.1) is 16.6 Å². The molecule has 0 bridgehead atoms. The highest BCUT2D eigenvalue weighted by molar-refractivity contribution is 5.97. The maximum atomic E-state index is 12.2. The summed E-state index contributed by atoms with van der Waals surface area (Å²) < 4.78 is 0. The molecule has 0 saturated heterocycles. The van der Waals surface area contributed by atoms with Gasteiger partial charge in [-0.1, -0.05) is 18.2 Å². The maximum absolute atomic E-state index is 12.2. The number of rotatable bonds is 6. The van der Waals surface area contributed by atoms with Gasteiger partial charge in [-0.15, -0.1) is 0 Å². The average molecular weight is 339 g/mol. The van der Waals surface area contributed by atoms with E-state index in [1.54, 1.807) is 24.3 Å². The van der Waals surface area contributed by atoms with Crippen LogP contribution in [0.25, 0.3) is 0 Å². The largest absolute Gasteiger partial charge is 0.480 e. The third kappa shape index (κ3) is 4.62. The quantitative estimate of drug-likeness (QED) is 0.610. The summed E-state index contributed by atoms with van der Waals surface area (Å²) >= 11 is 0. The molecule has 0 fully saturated rings. The lowest BCUT2D eigenvalue weighted by molar-refractivity contribution is -0.384. The van der Waals surface area contributed by atoms with E-state index in [1.807, 2.05) is 6.07 Å². The highest BCUT2D eigenvalue weighted by Crippen LogP contribution is 2.14. The smallest absolute Gasteiger partial charge is 0.326 e. The zero-order valence-corrected chi connectivity index (χ0v) is 12.9. The molecule has 0 aromatic heterocycles. The molecule has 1 amide bonds. The van der Waals surface area contributed by atoms with Gasteiger partial charge in [-0.25, -0.2) is 4.79 Å². The van der Waals surface area contributed by atoms with Crippen molar-refractivity contribution < 1.29 is 19.6 Å². The number of hydrogen-bond donors (Lipinski definition) is 2. The number of carbonyl (C=O) groups is 2. The second-order valence-electron chi connectivity index (χ2n) is 5.18. The van der Waals surface area contributed by atoms with Crippen LogP contribution < -0.4 is 5.32 Å². The number of carbonyl (C=O) groups excluding carboxylic acids is 1. The summed E-state index contributed by atoms with van der Waals surface area (Å²) in [6.07, 6.45) is 0.0156. The Kier molecular flexibility index (Phi) is 5.43. The summed E-state index contributed by atoms with van der Waals surface area (Å²) in [6.45, 7) is 0. The molecule has 8 nitrogen and oxygen atoms in total. The number of amides is 1. The van der Waals surface area contributed by atoms with Crippen molar-refractivity contribution in [3.8, 4) is 6.07 Å². The summed E-state index contributed by atoms with van der Waals surface area (Å²) in [5, 5.41) is 31.2. The van der Waals surface area contributed by atoms with Gasteiger partial charge in [0, 0.05) is 24.1 Å². The Bertz CT molecular complexity index is 855. The van der Waals surface area contributed by atoms with Crippen LogP contribution in [0.3, 0.4) is 0 Å². The van der Waals surface area contributed by atoms with Gasteiger partial charge < -0.3 is 10.4 Å². The molecule has 0 radical (unpaired) electrons. The number of nitrogens with one attached hydrogen (secondary N) is 1. The molecule has 25 heavy (non-hydrogen) atoms. The summed E-state index contributed by atoms with van der Waals surface area (Å²) in [5.41, 5.74) is 0.814. The number of hydrogen-bond acceptors (Lipinski definition) is 5. The fourth-order valence-corrected chi connectivity index (χ4v) is 2.15. The van der Waals surface area contributed by atoms with E-state index in [4.69, 9.17) is 5.26 Å². The fourth-order valence-electron chi connectivity index (χ4n) is 2.15. The van der Waals surface area contributed by atoms with Crippen LogP contribution >= 0.6 is 0 Å². The molecule has 2 aromatic carbocycles. The first-order chi connectivity index (χ1) is 11.9. The minimum absolute atomic E-state index is 0.000258. The van der Waals surface area contributed by atoms with Crippen molar-refractivity contribution in [2.45, 2.75) is 12.5 Å². The number of nitro groups is 1. The van der Waals surface area contributed by atoms with Gasteiger partial charge in [-0.05, 0) is 23.8 Å². The molecule has 0 spiro atoms. The van der Waals surface area contributed by atoms with Gasteiger partial charge >= 0.3 is 5.97 Å². The van der Waals surface area contributed by atoms with E-state index in [-0.39, 0.29) is 17.7 Å². The molecule has 2 rings (SSSR count). The van der Waals surface area contributed by atoms with E-state index >= 15 is 0 Å². The number of carboxylic acid groups (broad SMARTS) is 1. The molecule has 126 valence electrons. The number of carboxylic acids is 1. The Hall–Kier alpha value is -3.73. The first kappa shape index (κ1) is 17.6. The summed E-state index contributed by atoms with van der Waals surface area (Å²) in [5.74, 6) is -1.95. The van der Waals surface area contributed by atoms with Crippen molar-refractivity contribution in [2.24, 2.45) is 0 Å². The first-order valence-electron chi connectivity index (χ1n) is 7.18. The molecular weight excluding hydrogens is 326 g/mol. The topological polar surface area (TPSA) is 133 Å². The van der Waals surface area contributed by atoms with Crippen LogP contribution in [0.2, 0.25) is 0 Å². The zero-order valence-electron chi connectivity index (χ0n) is 12.9. The van der Waals surface area contributed by atoms with Crippen molar-refractivity contribution in [2.75, 3.05) is 0 Å². The van der Waals surface area contributed by atoms with Crippen molar-refractivity contribution in [3.05, 3.63) is 75.3 Å². The second kappa shape index (κ2) is 7.70. The summed E-state index contributed by atoms with van der Waals surface area (Å²) in [4.78, 5) is 33.7. The third-order valence-electron chi connectivity index (χ3n) is 3.45. The van der Waals surface area contributed by atoms with Crippen LogP contribution in [0.5, 0.6) is 0 Å². The summed E-state index contributed by atoms with van der Waals surface area (Å²) in [6, 6.07) is 12.1. The highest BCUT2D eigenvalue weighted by atomic mass is 16.6. The second-order valence-corrected chi connectivity index (χ2v) is 5.18. The predicted molar refractivity (Wildman–Crippen MR) is 86.8 cm³/mol. The van der Waals surface area contributed by atoms with E-state index in [2.05, 4.69) is 5.32 Å². The number of nitrogens with zero attached hydrogens (tertiary/aromatic N) is 2. The van der Waals surface area contributed by atoms with Crippen LogP contribution in [0, 0.1) is 21.4 Å². The SMILES string of the molecule is N#Cc1ccc(C[C@H](NC(=O)c2cccc([N+](=O)[O-])c2)C(=O)O)cc1. The average Bonchev–Trinajstić information content (AvgIpc) is 2.61. The van der Waals surface area contributed by atoms with Crippen LogP contribution in [-0.4, -0.2) is 27.9 Å². The summed E-state index contributed by atoms with van der Waals surface area (Å²) in [7, 11) is 0. The molecule has 1 atom stereocenters. The van der Waals surface area contributed by atoms with Crippen LogP contribution in [0.4, 0.5) is 5.69 Å². The standard InChI is InChI=1S/C17H13N3O5/c18-10-12-6-4-11(5-7-12)8-15(17(22)23)19-16(21)13-2-1-3-14(9-13)20(24)25/h1-7,9,15H,8H2,(H,19,21)(H,22,23)/t15-/m0/s1. The lowest BCUT2D eigenvalue weighted by Crippen LogP contribution is -2.42. The molecule has 0 aliphatic heterocycles. The van der Waals surface area contributed by atoms with Gasteiger partial charge in [0.15, 0.2) is 0 Å². The van der Waals surface area contributed by atoms with Gasteiger partial charge in [-0.2, -0.15) is 5.26 Å². The minimum atomic E-state index is -1.23. The lowest BCUT2D eigenvalue weighted by atomic mass is 10.0. The number of nitro benzene ring substituents is 1. The van der Waals surface area contributed by atoms with E-state index in [9.17, 15) is 24.8 Å². The third-order valence-corrected chi connectivity index (χ3v) is 3.45. The number of nitriles is 1. The lowest BCUT2D eigenvalue weighted by Gasteiger charge is -2.14. The minimum Gasteiger partial charge on any atom is -0.480 e. The highest BCUT2D eigenvalue weighted by Gasteiger charge is 2.22. The van der Waals surface area contributed by atoms with Crippen molar-refractivity contribution in [3.63, 3.8) is 0 Å². The Labute approximate surface area is 142 Å². The van der Waals surface area contributed by atoms with E-state index in [1.165, 1.54) is 18.2 Å². The fraction of sp³-hybridized carbons (Fsp3) is 0.118. The molecule has 0 unspecified atom stereocenters. The first-order valence-corrected chi connectivity index (χ1v) is 7.18. The Morgan fingerprint density at radius 1 is 1.24 bits per heavy atom. The Morgan fingerprint density at radius 3 is 2.48 bits per heavy atom. The van der Waals surface area contributed by atoms with Crippen molar-refractivity contribution in [1.82, 2.24) is 5.32 Å². The molecule has 0 heterocycles. The molecule has 0 aliphatic rings. The van der Waals surface area contributed by atoms with E-state index in [0.29, 0.717) is 11.1 Å². The molecule has 0 aliphatic carbocycles. The van der Waals surface area contributed by atoms with E-state index < -0.39 is 22.8 Å². The van der Waals surface area contributed by atoms with Crippen LogP contribution in [-0.2, 0) is 11.2 Å². The van der Waals surface area contributed by atoms with Gasteiger partial charge in [0.25, 0.3) is 11.6 Å². The van der Waals surface area contributed by atoms with Crippen molar-refractivity contribution in [1.29, 1.82) is 5.26 Å². The Balaban J connectivity index is 2.14. The number of benzene rings is 2. The monoisotopic (exact) mass is 339 g/mol. The van der Waals surface area contributed by atoms with Crippen LogP contribution in [0.1, 0.15) is 21.5 Å². The Morgan fingerprint density at radius 2 is 1.92 bits per heavy atom. The van der Waals surface area contributed by atoms with E-state index in [0.717, 1.165) is 6.07 Å². The maximum Gasteiger partial charge on any atom is 0.326 e. The zero-order chi connectivity index (χ0) is 18.4. The van der Waals surface area contributed by atoms with Crippen molar-refractivity contribution >= 4 is 17.6 Å². The van der Waals surface area contributed by atoms with Gasteiger partial charge in [0.2, 0.25) is 0 Å².